The minimum Gasteiger partial charge on any atom is -0.491 e. The van der Waals surface area contributed by atoms with Crippen LogP contribution in [-0.2, 0) is 4.74 Å². The second-order valence-corrected chi connectivity index (χ2v) is 3.30. The fourth-order valence-electron chi connectivity index (χ4n) is 1.25. The van der Waals surface area contributed by atoms with Crippen LogP contribution in [0.4, 0.5) is 23.2 Å². The standard InChI is InChI=1S/C11H13F4NO2/c1-2-17-10-4-3-8(7-9(10)12)16-5-6-18-11(13,14)15/h3-4,7,16H,2,5-6H2,1H3. The normalized spacial score (nSPS) is 11.4. The van der Waals surface area contributed by atoms with Crippen molar-refractivity contribution in [3.05, 3.63) is 24.0 Å². The Bertz CT molecular complexity index is 382. The van der Waals surface area contributed by atoms with Crippen LogP contribution < -0.4 is 10.1 Å². The summed E-state index contributed by atoms with van der Waals surface area (Å²) in [6.45, 7) is 1.44. The first kappa shape index (κ1) is 14.6. The first-order valence-corrected chi connectivity index (χ1v) is 5.29. The van der Waals surface area contributed by atoms with Gasteiger partial charge in [0.25, 0.3) is 0 Å². The van der Waals surface area contributed by atoms with Gasteiger partial charge in [0, 0.05) is 18.3 Å². The highest BCUT2D eigenvalue weighted by atomic mass is 19.4. The van der Waals surface area contributed by atoms with E-state index in [2.05, 4.69) is 10.1 Å². The van der Waals surface area contributed by atoms with Crippen LogP contribution in [0.3, 0.4) is 0 Å². The molecule has 0 aliphatic heterocycles. The molecule has 1 rings (SSSR count). The molecule has 7 heteroatoms. The molecule has 3 nitrogen and oxygen atoms in total. The lowest BCUT2D eigenvalue weighted by molar-refractivity contribution is -0.322. The number of hydrogen-bond acceptors (Lipinski definition) is 3. The van der Waals surface area contributed by atoms with Gasteiger partial charge in [0.05, 0.1) is 13.2 Å². The highest BCUT2D eigenvalue weighted by Gasteiger charge is 2.28. The second kappa shape index (κ2) is 6.44. The van der Waals surface area contributed by atoms with Crippen molar-refractivity contribution in [1.29, 1.82) is 0 Å². The fourth-order valence-corrected chi connectivity index (χ4v) is 1.25. The van der Waals surface area contributed by atoms with Crippen molar-refractivity contribution < 1.29 is 27.0 Å². The van der Waals surface area contributed by atoms with Crippen LogP contribution in [0.15, 0.2) is 18.2 Å². The summed E-state index contributed by atoms with van der Waals surface area (Å²) in [4.78, 5) is 0. The lowest BCUT2D eigenvalue weighted by Crippen LogP contribution is -2.19. The zero-order valence-electron chi connectivity index (χ0n) is 9.68. The maximum atomic E-state index is 13.4. The molecule has 0 fully saturated rings. The minimum atomic E-state index is -4.65. The van der Waals surface area contributed by atoms with Crippen molar-refractivity contribution >= 4 is 5.69 Å². The predicted molar refractivity (Wildman–Crippen MR) is 58.1 cm³/mol. The van der Waals surface area contributed by atoms with Gasteiger partial charge in [-0.1, -0.05) is 0 Å². The number of anilines is 1. The first-order valence-electron chi connectivity index (χ1n) is 5.29. The lowest BCUT2D eigenvalue weighted by Gasteiger charge is -2.10. The lowest BCUT2D eigenvalue weighted by atomic mass is 10.3. The van der Waals surface area contributed by atoms with E-state index in [-0.39, 0.29) is 12.3 Å². The quantitative estimate of drug-likeness (QED) is 0.634. The van der Waals surface area contributed by atoms with E-state index in [9.17, 15) is 17.6 Å². The predicted octanol–water partition coefficient (Wildman–Crippen LogP) is 3.17. The Morgan fingerprint density at radius 1 is 1.28 bits per heavy atom. The largest absolute Gasteiger partial charge is 0.522 e. The van der Waals surface area contributed by atoms with Gasteiger partial charge in [-0.25, -0.2) is 4.39 Å². The van der Waals surface area contributed by atoms with Crippen molar-refractivity contribution in [3.63, 3.8) is 0 Å². The zero-order valence-corrected chi connectivity index (χ0v) is 9.68. The third-order valence-electron chi connectivity index (χ3n) is 1.93. The Morgan fingerprint density at radius 2 is 2.00 bits per heavy atom. The molecule has 0 heterocycles. The van der Waals surface area contributed by atoms with E-state index in [1.807, 2.05) is 0 Å². The molecule has 0 saturated heterocycles. The maximum Gasteiger partial charge on any atom is 0.522 e. The number of rotatable bonds is 6. The highest BCUT2D eigenvalue weighted by Crippen LogP contribution is 2.21. The smallest absolute Gasteiger partial charge is 0.491 e. The molecule has 0 aliphatic carbocycles. The fraction of sp³-hybridized carbons (Fsp3) is 0.455. The molecular formula is C11H13F4NO2. The third-order valence-corrected chi connectivity index (χ3v) is 1.93. The van der Waals surface area contributed by atoms with Crippen LogP contribution >= 0.6 is 0 Å². The molecule has 0 bridgehead atoms. The summed E-state index contributed by atoms with van der Waals surface area (Å²) in [6, 6.07) is 4.08. The molecule has 0 aromatic heterocycles. The summed E-state index contributed by atoms with van der Waals surface area (Å²) >= 11 is 0. The molecule has 1 N–H and O–H groups in total. The summed E-state index contributed by atoms with van der Waals surface area (Å²) in [6.07, 6.45) is -4.65. The van der Waals surface area contributed by atoms with Gasteiger partial charge in [-0.05, 0) is 19.1 Å². The average molecular weight is 267 g/mol. The van der Waals surface area contributed by atoms with Crippen molar-refractivity contribution in [2.75, 3.05) is 25.1 Å². The minimum absolute atomic E-state index is 0.0765. The van der Waals surface area contributed by atoms with Crippen LogP contribution in [0, 0.1) is 5.82 Å². The maximum absolute atomic E-state index is 13.4. The van der Waals surface area contributed by atoms with Crippen LogP contribution in [-0.4, -0.2) is 26.1 Å². The molecule has 0 spiro atoms. The number of alkyl halides is 3. The van der Waals surface area contributed by atoms with E-state index in [0.717, 1.165) is 6.07 Å². The van der Waals surface area contributed by atoms with Crippen molar-refractivity contribution in [1.82, 2.24) is 0 Å². The van der Waals surface area contributed by atoms with Gasteiger partial charge in [-0.15, -0.1) is 13.2 Å². The Hall–Kier alpha value is -1.50. The Morgan fingerprint density at radius 3 is 2.56 bits per heavy atom. The van der Waals surface area contributed by atoms with Crippen LogP contribution in [0.1, 0.15) is 6.92 Å². The van der Waals surface area contributed by atoms with E-state index in [0.29, 0.717) is 12.3 Å². The topological polar surface area (TPSA) is 30.5 Å². The zero-order chi connectivity index (χ0) is 13.6. The summed E-state index contributed by atoms with van der Waals surface area (Å²) in [7, 11) is 0. The van der Waals surface area contributed by atoms with Crippen LogP contribution in [0.25, 0.3) is 0 Å². The van der Waals surface area contributed by atoms with Gasteiger partial charge in [-0.3, -0.25) is 4.74 Å². The monoisotopic (exact) mass is 267 g/mol. The molecule has 0 unspecified atom stereocenters. The number of halogens is 4. The Kier molecular flexibility index (Phi) is 5.21. The van der Waals surface area contributed by atoms with Gasteiger partial charge in [0.1, 0.15) is 0 Å². The van der Waals surface area contributed by atoms with E-state index < -0.39 is 18.8 Å². The number of nitrogens with one attached hydrogen (secondary N) is 1. The molecule has 102 valence electrons. The highest BCUT2D eigenvalue weighted by molar-refractivity contribution is 5.47. The number of hydrogen-bond donors (Lipinski definition) is 1. The van der Waals surface area contributed by atoms with Gasteiger partial charge >= 0.3 is 6.36 Å². The van der Waals surface area contributed by atoms with Gasteiger partial charge in [0.15, 0.2) is 11.6 Å². The second-order valence-electron chi connectivity index (χ2n) is 3.30. The van der Waals surface area contributed by atoms with Gasteiger partial charge in [-0.2, -0.15) is 0 Å². The van der Waals surface area contributed by atoms with E-state index in [1.54, 1.807) is 6.92 Å². The molecule has 1 aromatic carbocycles. The summed E-state index contributed by atoms with van der Waals surface area (Å²) in [5, 5.41) is 2.61. The van der Waals surface area contributed by atoms with E-state index >= 15 is 0 Å². The average Bonchev–Trinajstić information content (AvgIpc) is 2.27. The van der Waals surface area contributed by atoms with Crippen molar-refractivity contribution in [3.8, 4) is 5.75 Å². The van der Waals surface area contributed by atoms with Gasteiger partial charge in [0.2, 0.25) is 0 Å². The van der Waals surface area contributed by atoms with Crippen molar-refractivity contribution in [2.24, 2.45) is 0 Å². The Labute approximate surface area is 102 Å². The van der Waals surface area contributed by atoms with Crippen LogP contribution in [0.2, 0.25) is 0 Å². The molecule has 0 saturated carbocycles. The molecule has 18 heavy (non-hydrogen) atoms. The first-order chi connectivity index (χ1) is 8.42. The van der Waals surface area contributed by atoms with E-state index in [1.165, 1.54) is 12.1 Å². The molecule has 0 amide bonds. The number of benzene rings is 1. The Balaban J connectivity index is 2.41. The third kappa shape index (κ3) is 5.22. The van der Waals surface area contributed by atoms with Crippen molar-refractivity contribution in [2.45, 2.75) is 13.3 Å². The van der Waals surface area contributed by atoms with Gasteiger partial charge < -0.3 is 10.1 Å². The molecule has 0 atom stereocenters. The number of ether oxygens (including phenoxy) is 2. The molecular weight excluding hydrogens is 254 g/mol. The molecule has 1 aromatic rings. The summed E-state index contributed by atoms with van der Waals surface area (Å²) in [5.41, 5.74) is 0.363. The van der Waals surface area contributed by atoms with Crippen LogP contribution in [0.5, 0.6) is 5.75 Å². The molecule has 0 aliphatic rings. The SMILES string of the molecule is CCOc1ccc(NCCOC(F)(F)F)cc1F. The van der Waals surface area contributed by atoms with E-state index in [4.69, 9.17) is 4.74 Å². The summed E-state index contributed by atoms with van der Waals surface area (Å²) < 4.78 is 56.9. The summed E-state index contributed by atoms with van der Waals surface area (Å²) in [5.74, 6) is -0.465. The molecule has 0 radical (unpaired) electrons.